The van der Waals surface area contributed by atoms with Crippen molar-refractivity contribution in [3.8, 4) is 5.75 Å². The Morgan fingerprint density at radius 2 is 1.64 bits per heavy atom. The van der Waals surface area contributed by atoms with Gasteiger partial charge in [-0.05, 0) is 53.6 Å². The summed E-state index contributed by atoms with van der Waals surface area (Å²) in [4.78, 5) is 30.0. The number of alkyl halides is 3. The predicted octanol–water partition coefficient (Wildman–Crippen LogP) is 7.83. The first-order valence-electron chi connectivity index (χ1n) is 13.6. The molecular formula is C33H28ClF5N2O4. The highest BCUT2D eigenvalue weighted by molar-refractivity contribution is 6.30. The first-order chi connectivity index (χ1) is 21.0. The summed E-state index contributed by atoms with van der Waals surface area (Å²) in [6, 6.07) is 16.7. The number of aliphatic carboxylic acids is 1. The second kappa shape index (κ2) is 12.8. The summed E-state index contributed by atoms with van der Waals surface area (Å²) in [5, 5.41) is 12.8. The topological polar surface area (TPSA) is 88.5 Å². The number of carbonyl (C=O) groups excluding carboxylic acids is 1. The van der Waals surface area contributed by atoms with Gasteiger partial charge in [-0.2, -0.15) is 13.2 Å². The van der Waals surface area contributed by atoms with E-state index in [2.05, 4.69) is 10.3 Å². The van der Waals surface area contributed by atoms with Crippen LogP contribution in [0.1, 0.15) is 53.5 Å². The summed E-state index contributed by atoms with van der Waals surface area (Å²) < 4.78 is 75.3. The average Bonchev–Trinajstić information content (AvgIpc) is 2.95. The molecule has 4 rings (SSSR count). The molecule has 0 spiro atoms. The lowest BCUT2D eigenvalue weighted by atomic mass is 9.80. The number of carboxylic acids is 1. The van der Waals surface area contributed by atoms with Gasteiger partial charge in [0.25, 0.3) is 5.91 Å². The molecule has 0 saturated carbocycles. The molecule has 1 amide bonds. The highest BCUT2D eigenvalue weighted by Gasteiger charge is 2.40. The van der Waals surface area contributed by atoms with Crippen LogP contribution in [0.2, 0.25) is 5.02 Å². The van der Waals surface area contributed by atoms with E-state index in [0.717, 1.165) is 18.2 Å². The largest absolute Gasteiger partial charge is 0.478 e. The molecule has 0 saturated heterocycles. The molecule has 0 aliphatic heterocycles. The minimum absolute atomic E-state index is 0.0990. The Morgan fingerprint density at radius 1 is 0.956 bits per heavy atom. The van der Waals surface area contributed by atoms with Gasteiger partial charge in [0.15, 0.2) is 6.10 Å². The smallest absolute Gasteiger partial charge is 0.419 e. The zero-order valence-corrected chi connectivity index (χ0v) is 25.0. The predicted molar refractivity (Wildman–Crippen MR) is 157 cm³/mol. The summed E-state index contributed by atoms with van der Waals surface area (Å²) in [7, 11) is 0. The fourth-order valence-corrected chi connectivity index (χ4v) is 4.96. The lowest BCUT2D eigenvalue weighted by molar-refractivity contribution is -0.150. The molecule has 4 aromatic rings. The maximum Gasteiger partial charge on any atom is 0.419 e. The van der Waals surface area contributed by atoms with Crippen molar-refractivity contribution in [2.75, 3.05) is 0 Å². The SMILES string of the molecule is CC(C)(C)C(Oc1cc(F)cc(CC(NC(=O)c2ccc(F)c(C(F)(F)F)c2)(c2ccccc2)c2ccc(Cl)cn2)c1)C(=O)O. The Kier molecular flexibility index (Phi) is 9.53. The lowest BCUT2D eigenvalue weighted by Crippen LogP contribution is -2.49. The molecule has 3 aromatic carbocycles. The minimum Gasteiger partial charge on any atom is -0.478 e. The molecule has 2 unspecified atom stereocenters. The van der Waals surface area contributed by atoms with Crippen LogP contribution in [0.15, 0.2) is 85.1 Å². The summed E-state index contributed by atoms with van der Waals surface area (Å²) in [6.07, 6.45) is -5.33. The Bertz CT molecular complexity index is 1690. The molecule has 0 fully saturated rings. The zero-order chi connectivity index (χ0) is 33.2. The van der Waals surface area contributed by atoms with E-state index in [-0.39, 0.29) is 28.5 Å². The van der Waals surface area contributed by atoms with Crippen molar-refractivity contribution in [2.45, 2.75) is 45.0 Å². The first kappa shape index (κ1) is 33.4. The number of nitrogens with one attached hydrogen (secondary N) is 1. The van der Waals surface area contributed by atoms with Crippen LogP contribution in [-0.4, -0.2) is 28.1 Å². The van der Waals surface area contributed by atoms with Gasteiger partial charge >= 0.3 is 12.1 Å². The van der Waals surface area contributed by atoms with Crippen molar-refractivity contribution in [3.63, 3.8) is 0 Å². The van der Waals surface area contributed by atoms with Gasteiger partial charge in [0, 0.05) is 29.7 Å². The van der Waals surface area contributed by atoms with Crippen LogP contribution in [0.4, 0.5) is 22.0 Å². The van der Waals surface area contributed by atoms with E-state index < -0.39 is 57.9 Å². The third-order valence-electron chi connectivity index (χ3n) is 6.96. The lowest BCUT2D eigenvalue weighted by Gasteiger charge is -2.36. The monoisotopic (exact) mass is 646 g/mol. The van der Waals surface area contributed by atoms with Gasteiger partial charge in [-0.1, -0.05) is 62.7 Å². The molecule has 2 N–H and O–H groups in total. The van der Waals surface area contributed by atoms with Crippen molar-refractivity contribution >= 4 is 23.5 Å². The number of hydrogen-bond donors (Lipinski definition) is 2. The van der Waals surface area contributed by atoms with Crippen LogP contribution in [0.3, 0.4) is 0 Å². The highest BCUT2D eigenvalue weighted by atomic mass is 35.5. The van der Waals surface area contributed by atoms with E-state index in [1.54, 1.807) is 51.1 Å². The van der Waals surface area contributed by atoms with Crippen molar-refractivity contribution in [1.29, 1.82) is 0 Å². The molecule has 45 heavy (non-hydrogen) atoms. The van der Waals surface area contributed by atoms with Gasteiger partial charge in [-0.15, -0.1) is 0 Å². The van der Waals surface area contributed by atoms with E-state index in [1.165, 1.54) is 24.4 Å². The Labute approximate surface area is 260 Å². The van der Waals surface area contributed by atoms with E-state index >= 15 is 4.39 Å². The number of ether oxygens (including phenoxy) is 1. The van der Waals surface area contributed by atoms with Crippen LogP contribution in [0, 0.1) is 17.0 Å². The van der Waals surface area contributed by atoms with E-state index in [0.29, 0.717) is 17.7 Å². The maximum absolute atomic E-state index is 15.0. The molecular weight excluding hydrogens is 619 g/mol. The standard InChI is InChI=1S/C33H28ClF5N2O4/c1-31(2,3)28(30(43)44)45-24-14-19(13-23(35)16-24)17-32(21-7-5-4-6-8-21,27-12-10-22(34)18-40-27)41-29(42)20-9-11-26(36)25(15-20)33(37,38)39/h4-16,18,28H,17H2,1-3H3,(H,41,42)(H,43,44). The zero-order valence-electron chi connectivity index (χ0n) is 24.3. The van der Waals surface area contributed by atoms with Crippen LogP contribution in [-0.2, 0) is 22.9 Å². The normalized spacial score (nSPS) is 13.9. The van der Waals surface area contributed by atoms with Gasteiger partial charge in [0.2, 0.25) is 0 Å². The molecule has 6 nitrogen and oxygen atoms in total. The number of halogens is 6. The third kappa shape index (κ3) is 7.78. The number of benzene rings is 3. The maximum atomic E-state index is 15.0. The average molecular weight is 647 g/mol. The van der Waals surface area contributed by atoms with Gasteiger partial charge in [-0.25, -0.2) is 13.6 Å². The van der Waals surface area contributed by atoms with Crippen LogP contribution >= 0.6 is 11.6 Å². The van der Waals surface area contributed by atoms with Gasteiger partial charge < -0.3 is 15.2 Å². The fraction of sp³-hybridized carbons (Fsp3) is 0.242. The number of carboxylic acid groups (broad SMARTS) is 1. The quantitative estimate of drug-likeness (QED) is 0.181. The second-order valence-electron chi connectivity index (χ2n) is 11.5. The number of rotatable bonds is 9. The summed E-state index contributed by atoms with van der Waals surface area (Å²) >= 11 is 6.09. The Balaban J connectivity index is 1.88. The van der Waals surface area contributed by atoms with Gasteiger partial charge in [-0.3, -0.25) is 9.78 Å². The molecule has 12 heteroatoms. The number of pyridine rings is 1. The number of hydrogen-bond acceptors (Lipinski definition) is 4. The first-order valence-corrected chi connectivity index (χ1v) is 13.9. The van der Waals surface area contributed by atoms with E-state index in [4.69, 9.17) is 16.3 Å². The summed E-state index contributed by atoms with van der Waals surface area (Å²) in [6.45, 7) is 4.94. The van der Waals surface area contributed by atoms with Crippen molar-refractivity contribution in [3.05, 3.63) is 130 Å². The van der Waals surface area contributed by atoms with Crippen LogP contribution in [0.5, 0.6) is 5.75 Å². The van der Waals surface area contributed by atoms with Crippen LogP contribution < -0.4 is 10.1 Å². The Morgan fingerprint density at radius 3 is 2.22 bits per heavy atom. The van der Waals surface area contributed by atoms with Gasteiger partial charge in [0.05, 0.1) is 16.3 Å². The molecule has 236 valence electrons. The second-order valence-corrected chi connectivity index (χ2v) is 11.9. The van der Waals surface area contributed by atoms with Crippen molar-refractivity contribution in [1.82, 2.24) is 10.3 Å². The minimum atomic E-state index is -5.06. The molecule has 2 atom stereocenters. The number of nitrogens with zero attached hydrogens (tertiary/aromatic N) is 1. The molecule has 1 heterocycles. The van der Waals surface area contributed by atoms with Crippen LogP contribution in [0.25, 0.3) is 0 Å². The number of amides is 1. The molecule has 0 aliphatic carbocycles. The highest BCUT2D eigenvalue weighted by Crippen LogP contribution is 2.36. The molecule has 0 aliphatic rings. The number of aromatic nitrogens is 1. The number of carbonyl (C=O) groups is 2. The molecule has 0 bridgehead atoms. The third-order valence-corrected chi connectivity index (χ3v) is 7.18. The van der Waals surface area contributed by atoms with Gasteiger partial charge in [0.1, 0.15) is 22.9 Å². The van der Waals surface area contributed by atoms with Crippen molar-refractivity contribution in [2.24, 2.45) is 5.41 Å². The fourth-order valence-electron chi connectivity index (χ4n) is 4.85. The molecule has 0 radical (unpaired) electrons. The summed E-state index contributed by atoms with van der Waals surface area (Å²) in [5.74, 6) is -4.69. The van der Waals surface area contributed by atoms with E-state index in [9.17, 15) is 32.3 Å². The molecule has 1 aromatic heterocycles. The van der Waals surface area contributed by atoms with E-state index in [1.807, 2.05) is 0 Å². The summed E-state index contributed by atoms with van der Waals surface area (Å²) in [5.41, 5.74) is -3.81. The Hall–Kier alpha value is -4.51. The van der Waals surface area contributed by atoms with Crippen molar-refractivity contribution < 1.29 is 41.4 Å².